The summed E-state index contributed by atoms with van der Waals surface area (Å²) >= 11 is 0.642. The van der Waals surface area contributed by atoms with Crippen molar-refractivity contribution in [2.45, 2.75) is 19.5 Å². The molecule has 0 aliphatic carbocycles. The minimum atomic E-state index is -1.35. The number of nitrogen functional groups attached to an aromatic ring is 1. The van der Waals surface area contributed by atoms with Gasteiger partial charge in [-0.1, -0.05) is 12.1 Å². The molecule has 35 heavy (non-hydrogen) atoms. The summed E-state index contributed by atoms with van der Waals surface area (Å²) in [6.45, 7) is 1.07. The summed E-state index contributed by atoms with van der Waals surface area (Å²) in [5.74, 6) is -3.34. The number of hydrogen-bond acceptors (Lipinski definition) is 9. The summed E-state index contributed by atoms with van der Waals surface area (Å²) in [6.07, 6.45) is 1.39. The van der Waals surface area contributed by atoms with E-state index in [0.29, 0.717) is 17.3 Å². The van der Waals surface area contributed by atoms with Gasteiger partial charge in [0.2, 0.25) is 5.91 Å². The summed E-state index contributed by atoms with van der Waals surface area (Å²) in [7, 11) is 0. The third kappa shape index (κ3) is 6.00. The molecule has 3 rings (SSSR count). The molecule has 2 heterocycles. The standard InChI is InChI=1S/C22H22FN5O6S/c1-2-33-15(29)10-26-21(31)18(12-5-7-13(23)8-6-12)28(11-14-4-3-9-34-14)22(32)19-16(24)17(20(25)30)27-35-19/h3-9,18H,2,10-11,24H2,1H3,(H2,25,30)(H,26,31). The van der Waals surface area contributed by atoms with Gasteiger partial charge in [0.25, 0.3) is 11.8 Å². The van der Waals surface area contributed by atoms with Gasteiger partial charge < -0.3 is 30.8 Å². The van der Waals surface area contributed by atoms with E-state index >= 15 is 0 Å². The number of nitrogens with one attached hydrogen (secondary N) is 1. The number of carbonyl (C=O) groups excluding carboxylic acids is 4. The van der Waals surface area contributed by atoms with Gasteiger partial charge in [0, 0.05) is 0 Å². The highest BCUT2D eigenvalue weighted by Gasteiger charge is 2.35. The Morgan fingerprint density at radius 3 is 2.51 bits per heavy atom. The van der Waals surface area contributed by atoms with Crippen molar-refractivity contribution in [3.63, 3.8) is 0 Å². The molecule has 0 saturated heterocycles. The van der Waals surface area contributed by atoms with E-state index in [2.05, 4.69) is 9.69 Å². The van der Waals surface area contributed by atoms with Crippen LogP contribution in [0.2, 0.25) is 0 Å². The fraction of sp³-hybridized carbons (Fsp3) is 0.227. The Morgan fingerprint density at radius 1 is 1.23 bits per heavy atom. The quantitative estimate of drug-likeness (QED) is 0.350. The van der Waals surface area contributed by atoms with Gasteiger partial charge in [0.15, 0.2) is 5.69 Å². The number of ether oxygens (including phenoxy) is 1. The average molecular weight is 504 g/mol. The first-order valence-electron chi connectivity index (χ1n) is 10.3. The molecule has 0 bridgehead atoms. The Balaban J connectivity index is 2.05. The monoisotopic (exact) mass is 503 g/mol. The van der Waals surface area contributed by atoms with E-state index in [1.165, 1.54) is 18.4 Å². The first kappa shape index (κ1) is 25.4. The molecular formula is C22H22FN5O6S. The van der Waals surface area contributed by atoms with Gasteiger partial charge in [-0.2, -0.15) is 4.37 Å². The molecule has 0 spiro atoms. The summed E-state index contributed by atoms with van der Waals surface area (Å²) < 4.78 is 27.7. The van der Waals surface area contributed by atoms with Crippen LogP contribution in [-0.4, -0.2) is 46.1 Å². The lowest BCUT2D eigenvalue weighted by molar-refractivity contribution is -0.144. The zero-order valence-electron chi connectivity index (χ0n) is 18.5. The minimum Gasteiger partial charge on any atom is -0.467 e. The third-order valence-electron chi connectivity index (χ3n) is 4.78. The highest BCUT2D eigenvalue weighted by molar-refractivity contribution is 7.09. The largest absolute Gasteiger partial charge is 0.467 e. The predicted molar refractivity (Wildman–Crippen MR) is 122 cm³/mol. The Bertz CT molecular complexity index is 1210. The number of primary amides is 1. The molecule has 0 fully saturated rings. The SMILES string of the molecule is CCOC(=O)CNC(=O)C(c1ccc(F)cc1)N(Cc1ccco1)C(=O)c1snc(C(N)=O)c1N. The van der Waals surface area contributed by atoms with E-state index in [0.717, 1.165) is 17.0 Å². The number of nitrogens with two attached hydrogens (primary N) is 2. The van der Waals surface area contributed by atoms with Crippen LogP contribution in [0.4, 0.5) is 10.1 Å². The number of benzene rings is 1. The van der Waals surface area contributed by atoms with Crippen LogP contribution in [0.3, 0.4) is 0 Å². The molecule has 5 N–H and O–H groups in total. The lowest BCUT2D eigenvalue weighted by Crippen LogP contribution is -2.44. The number of esters is 1. The molecule has 184 valence electrons. The molecule has 0 saturated carbocycles. The first-order valence-corrected chi connectivity index (χ1v) is 11.1. The van der Waals surface area contributed by atoms with Crippen LogP contribution in [0.25, 0.3) is 0 Å². The Kier molecular flexibility index (Phi) is 8.15. The van der Waals surface area contributed by atoms with E-state index in [-0.39, 0.29) is 35.0 Å². The van der Waals surface area contributed by atoms with Crippen LogP contribution in [0, 0.1) is 5.82 Å². The third-order valence-corrected chi connectivity index (χ3v) is 5.63. The zero-order valence-corrected chi connectivity index (χ0v) is 19.3. The minimum absolute atomic E-state index is 0.117. The maximum absolute atomic E-state index is 13.6. The van der Waals surface area contributed by atoms with Crippen molar-refractivity contribution in [1.82, 2.24) is 14.6 Å². The van der Waals surface area contributed by atoms with Crippen molar-refractivity contribution in [1.29, 1.82) is 0 Å². The Hall–Kier alpha value is -4.26. The summed E-state index contributed by atoms with van der Waals surface area (Å²) in [6, 6.07) is 6.75. The molecule has 0 radical (unpaired) electrons. The van der Waals surface area contributed by atoms with Crippen LogP contribution in [0.15, 0.2) is 47.1 Å². The smallest absolute Gasteiger partial charge is 0.325 e. The Labute approximate surface area is 203 Å². The first-order chi connectivity index (χ1) is 16.7. The van der Waals surface area contributed by atoms with Crippen LogP contribution in [0.5, 0.6) is 0 Å². The molecule has 1 unspecified atom stereocenters. The molecule has 3 aromatic rings. The van der Waals surface area contributed by atoms with Gasteiger partial charge in [-0.3, -0.25) is 19.2 Å². The van der Waals surface area contributed by atoms with E-state index < -0.39 is 42.1 Å². The highest BCUT2D eigenvalue weighted by Crippen LogP contribution is 2.30. The van der Waals surface area contributed by atoms with Crippen molar-refractivity contribution >= 4 is 40.9 Å². The van der Waals surface area contributed by atoms with Crippen molar-refractivity contribution in [2.24, 2.45) is 5.73 Å². The number of rotatable bonds is 10. The van der Waals surface area contributed by atoms with Gasteiger partial charge >= 0.3 is 5.97 Å². The number of anilines is 1. The topological polar surface area (TPSA) is 171 Å². The van der Waals surface area contributed by atoms with Gasteiger partial charge in [0.05, 0.1) is 25.1 Å². The maximum atomic E-state index is 13.6. The maximum Gasteiger partial charge on any atom is 0.325 e. The average Bonchev–Trinajstić information content (AvgIpc) is 3.47. The van der Waals surface area contributed by atoms with E-state index in [9.17, 15) is 23.6 Å². The molecule has 1 aromatic carbocycles. The molecule has 11 nitrogen and oxygen atoms in total. The highest BCUT2D eigenvalue weighted by atomic mass is 32.1. The second kappa shape index (κ2) is 11.2. The molecule has 2 aromatic heterocycles. The lowest BCUT2D eigenvalue weighted by Gasteiger charge is -2.30. The fourth-order valence-corrected chi connectivity index (χ4v) is 3.96. The van der Waals surface area contributed by atoms with Gasteiger partial charge in [-0.05, 0) is 48.3 Å². The van der Waals surface area contributed by atoms with Crippen LogP contribution < -0.4 is 16.8 Å². The van der Waals surface area contributed by atoms with Gasteiger partial charge in [-0.15, -0.1) is 0 Å². The van der Waals surface area contributed by atoms with Gasteiger partial charge in [0.1, 0.15) is 29.0 Å². The van der Waals surface area contributed by atoms with Crippen LogP contribution in [-0.2, 0) is 20.9 Å². The van der Waals surface area contributed by atoms with Crippen LogP contribution >= 0.6 is 11.5 Å². The lowest BCUT2D eigenvalue weighted by atomic mass is 10.0. The number of amides is 3. The summed E-state index contributed by atoms with van der Waals surface area (Å²) in [5, 5.41) is 2.44. The zero-order chi connectivity index (χ0) is 25.5. The molecule has 0 aliphatic rings. The van der Waals surface area contributed by atoms with Crippen molar-refractivity contribution in [2.75, 3.05) is 18.9 Å². The summed E-state index contributed by atoms with van der Waals surface area (Å²) in [4.78, 5) is 51.3. The molecule has 1 atom stereocenters. The van der Waals surface area contributed by atoms with E-state index in [1.807, 2.05) is 0 Å². The number of furan rings is 1. The second-order valence-electron chi connectivity index (χ2n) is 7.13. The normalized spacial score (nSPS) is 11.5. The molecule has 13 heteroatoms. The van der Waals surface area contributed by atoms with E-state index in [4.69, 9.17) is 20.6 Å². The fourth-order valence-electron chi connectivity index (χ4n) is 3.20. The number of aromatic nitrogens is 1. The molecule has 3 amide bonds. The second-order valence-corrected chi connectivity index (χ2v) is 7.90. The Morgan fingerprint density at radius 2 is 1.94 bits per heavy atom. The van der Waals surface area contributed by atoms with Crippen molar-refractivity contribution in [3.05, 3.63) is 70.4 Å². The van der Waals surface area contributed by atoms with Crippen LogP contribution in [0.1, 0.15) is 44.4 Å². The number of nitrogens with zero attached hydrogens (tertiary/aromatic N) is 2. The molecular weight excluding hydrogens is 481 g/mol. The van der Waals surface area contributed by atoms with Gasteiger partial charge in [-0.25, -0.2) is 4.39 Å². The molecule has 0 aliphatic heterocycles. The van der Waals surface area contributed by atoms with Crippen molar-refractivity contribution < 1.29 is 32.7 Å². The number of carbonyl (C=O) groups is 4. The van der Waals surface area contributed by atoms with Crippen molar-refractivity contribution in [3.8, 4) is 0 Å². The van der Waals surface area contributed by atoms with E-state index in [1.54, 1.807) is 19.1 Å². The summed E-state index contributed by atoms with van der Waals surface area (Å²) in [5.41, 5.74) is 10.9. The predicted octanol–water partition coefficient (Wildman–Crippen LogP) is 1.62. The number of hydrogen-bond donors (Lipinski definition) is 3. The number of halogens is 1.